The minimum atomic E-state index is -0.148. The lowest BCUT2D eigenvalue weighted by Gasteiger charge is -2.18. The number of carbonyl (C=O) groups excluding carboxylic acids is 1. The van der Waals surface area contributed by atoms with Gasteiger partial charge in [-0.3, -0.25) is 9.78 Å². The van der Waals surface area contributed by atoms with Crippen molar-refractivity contribution in [1.29, 1.82) is 0 Å². The number of nitrogens with zero attached hydrogens (tertiary/aromatic N) is 1. The number of hydrogen-bond donors (Lipinski definition) is 3. The van der Waals surface area contributed by atoms with Crippen LogP contribution in [0, 0.1) is 11.8 Å². The lowest BCUT2D eigenvalue weighted by atomic mass is 9.97. The highest BCUT2D eigenvalue weighted by Gasteiger charge is 2.26. The first-order chi connectivity index (χ1) is 9.74. The standard InChI is InChI=1S/C15H23N3O2/c1-2-16-15(20)14-8-13(6-7-17-14)18-9-11-4-3-5-12(11)10-19/h6-8,11-12,19H,2-5,9-10H2,1H3,(H,16,20)(H,17,18). The SMILES string of the molecule is CCNC(=O)c1cc(NCC2CCCC2CO)ccn1. The summed E-state index contributed by atoms with van der Waals surface area (Å²) < 4.78 is 0. The molecule has 1 aliphatic carbocycles. The Morgan fingerprint density at radius 2 is 2.25 bits per heavy atom. The highest BCUT2D eigenvalue weighted by Crippen LogP contribution is 2.31. The van der Waals surface area contributed by atoms with Crippen LogP contribution in [0.5, 0.6) is 0 Å². The fourth-order valence-electron chi connectivity index (χ4n) is 2.79. The number of carbonyl (C=O) groups is 1. The molecule has 1 aromatic heterocycles. The van der Waals surface area contributed by atoms with Crippen molar-refractivity contribution in [3.8, 4) is 0 Å². The van der Waals surface area contributed by atoms with Crippen molar-refractivity contribution in [2.24, 2.45) is 11.8 Å². The van der Waals surface area contributed by atoms with E-state index >= 15 is 0 Å². The molecule has 110 valence electrons. The number of rotatable bonds is 6. The second-order valence-corrected chi connectivity index (χ2v) is 5.30. The van der Waals surface area contributed by atoms with Gasteiger partial charge in [0, 0.05) is 31.6 Å². The molecule has 2 atom stereocenters. The normalized spacial score (nSPS) is 21.7. The van der Waals surface area contributed by atoms with Crippen LogP contribution in [-0.2, 0) is 0 Å². The fraction of sp³-hybridized carbons (Fsp3) is 0.600. The maximum absolute atomic E-state index is 11.7. The largest absolute Gasteiger partial charge is 0.396 e. The van der Waals surface area contributed by atoms with Gasteiger partial charge in [0.15, 0.2) is 0 Å². The summed E-state index contributed by atoms with van der Waals surface area (Å²) in [5.41, 5.74) is 1.34. The van der Waals surface area contributed by atoms with Crippen molar-refractivity contribution in [1.82, 2.24) is 10.3 Å². The number of aliphatic hydroxyl groups is 1. The lowest BCUT2D eigenvalue weighted by molar-refractivity contribution is 0.0951. The van der Waals surface area contributed by atoms with E-state index in [9.17, 15) is 9.90 Å². The number of aromatic nitrogens is 1. The van der Waals surface area contributed by atoms with E-state index < -0.39 is 0 Å². The van der Waals surface area contributed by atoms with Crippen LogP contribution in [0.1, 0.15) is 36.7 Å². The first kappa shape index (κ1) is 14.8. The molecule has 1 aliphatic rings. The second kappa shape index (κ2) is 7.24. The first-order valence-electron chi connectivity index (χ1n) is 7.33. The summed E-state index contributed by atoms with van der Waals surface area (Å²) in [5, 5.41) is 15.4. The van der Waals surface area contributed by atoms with E-state index in [1.165, 1.54) is 6.42 Å². The number of hydrogen-bond acceptors (Lipinski definition) is 4. The van der Waals surface area contributed by atoms with Gasteiger partial charge in [0.25, 0.3) is 5.91 Å². The van der Waals surface area contributed by atoms with E-state index in [0.29, 0.717) is 24.1 Å². The van der Waals surface area contributed by atoms with Crippen molar-refractivity contribution in [2.75, 3.05) is 25.0 Å². The maximum Gasteiger partial charge on any atom is 0.269 e. The number of pyridine rings is 1. The van der Waals surface area contributed by atoms with Gasteiger partial charge >= 0.3 is 0 Å². The molecule has 0 aromatic carbocycles. The molecule has 1 fully saturated rings. The van der Waals surface area contributed by atoms with Crippen LogP contribution in [0.4, 0.5) is 5.69 Å². The van der Waals surface area contributed by atoms with Gasteiger partial charge in [-0.15, -0.1) is 0 Å². The van der Waals surface area contributed by atoms with E-state index in [1.807, 2.05) is 13.0 Å². The second-order valence-electron chi connectivity index (χ2n) is 5.30. The summed E-state index contributed by atoms with van der Waals surface area (Å²) >= 11 is 0. The number of nitrogens with one attached hydrogen (secondary N) is 2. The zero-order valence-electron chi connectivity index (χ0n) is 11.9. The van der Waals surface area contributed by atoms with E-state index in [-0.39, 0.29) is 12.5 Å². The first-order valence-corrected chi connectivity index (χ1v) is 7.33. The molecule has 1 aromatic rings. The van der Waals surface area contributed by atoms with Crippen LogP contribution in [0.2, 0.25) is 0 Å². The van der Waals surface area contributed by atoms with Crippen LogP contribution >= 0.6 is 0 Å². The minimum absolute atomic E-state index is 0.148. The molecule has 5 nitrogen and oxygen atoms in total. The Balaban J connectivity index is 1.93. The molecule has 5 heteroatoms. The monoisotopic (exact) mass is 277 g/mol. The summed E-state index contributed by atoms with van der Waals surface area (Å²) in [6.45, 7) is 3.59. The van der Waals surface area contributed by atoms with Gasteiger partial charge in [-0.2, -0.15) is 0 Å². The molecule has 0 saturated heterocycles. The van der Waals surface area contributed by atoms with Gasteiger partial charge in [0.05, 0.1) is 0 Å². The van der Waals surface area contributed by atoms with Gasteiger partial charge < -0.3 is 15.7 Å². The number of amides is 1. The van der Waals surface area contributed by atoms with Crippen molar-refractivity contribution in [3.63, 3.8) is 0 Å². The Kier molecular flexibility index (Phi) is 5.35. The average molecular weight is 277 g/mol. The Labute approximate surface area is 119 Å². The third-order valence-electron chi connectivity index (χ3n) is 3.95. The molecule has 2 unspecified atom stereocenters. The van der Waals surface area contributed by atoms with Crippen LogP contribution in [0.3, 0.4) is 0 Å². The van der Waals surface area contributed by atoms with Crippen LogP contribution in [0.15, 0.2) is 18.3 Å². The Hall–Kier alpha value is -1.62. The third-order valence-corrected chi connectivity index (χ3v) is 3.95. The van der Waals surface area contributed by atoms with Gasteiger partial charge in [0.1, 0.15) is 5.69 Å². The average Bonchev–Trinajstić information content (AvgIpc) is 2.93. The van der Waals surface area contributed by atoms with E-state index in [0.717, 1.165) is 25.1 Å². The van der Waals surface area contributed by atoms with Crippen molar-refractivity contribution in [3.05, 3.63) is 24.0 Å². The van der Waals surface area contributed by atoms with Crippen LogP contribution in [-0.4, -0.2) is 35.7 Å². The van der Waals surface area contributed by atoms with Gasteiger partial charge in [-0.1, -0.05) is 6.42 Å². The molecule has 1 saturated carbocycles. The highest BCUT2D eigenvalue weighted by molar-refractivity contribution is 5.93. The zero-order chi connectivity index (χ0) is 14.4. The number of aliphatic hydroxyl groups excluding tert-OH is 1. The minimum Gasteiger partial charge on any atom is -0.396 e. The molecule has 0 bridgehead atoms. The summed E-state index contributed by atoms with van der Waals surface area (Å²) in [5.74, 6) is 0.776. The van der Waals surface area contributed by atoms with Gasteiger partial charge in [-0.05, 0) is 43.7 Å². The number of anilines is 1. The van der Waals surface area contributed by atoms with Crippen molar-refractivity contribution < 1.29 is 9.90 Å². The Morgan fingerprint density at radius 1 is 1.45 bits per heavy atom. The van der Waals surface area contributed by atoms with Gasteiger partial charge in [0.2, 0.25) is 0 Å². The van der Waals surface area contributed by atoms with Crippen LogP contribution in [0.25, 0.3) is 0 Å². The van der Waals surface area contributed by atoms with Crippen molar-refractivity contribution >= 4 is 11.6 Å². The third kappa shape index (κ3) is 3.70. The van der Waals surface area contributed by atoms with E-state index in [2.05, 4.69) is 15.6 Å². The smallest absolute Gasteiger partial charge is 0.269 e. The maximum atomic E-state index is 11.7. The molecular weight excluding hydrogens is 254 g/mol. The van der Waals surface area contributed by atoms with Crippen molar-refractivity contribution in [2.45, 2.75) is 26.2 Å². The summed E-state index contributed by atoms with van der Waals surface area (Å²) in [6.07, 6.45) is 5.11. The lowest BCUT2D eigenvalue weighted by Crippen LogP contribution is -2.24. The van der Waals surface area contributed by atoms with E-state index in [1.54, 1.807) is 12.3 Å². The molecule has 2 rings (SSSR count). The fourth-order valence-corrected chi connectivity index (χ4v) is 2.79. The highest BCUT2D eigenvalue weighted by atomic mass is 16.3. The Bertz CT molecular complexity index is 450. The molecule has 1 amide bonds. The topological polar surface area (TPSA) is 74.2 Å². The predicted octanol–water partition coefficient (Wildman–Crippen LogP) is 1.65. The van der Waals surface area contributed by atoms with E-state index in [4.69, 9.17) is 0 Å². The molecule has 0 aliphatic heterocycles. The van der Waals surface area contributed by atoms with Gasteiger partial charge in [-0.25, -0.2) is 0 Å². The predicted molar refractivity (Wildman–Crippen MR) is 78.7 cm³/mol. The molecule has 3 N–H and O–H groups in total. The molecule has 0 radical (unpaired) electrons. The summed E-state index contributed by atoms with van der Waals surface area (Å²) in [6, 6.07) is 3.64. The van der Waals surface area contributed by atoms with Crippen LogP contribution < -0.4 is 10.6 Å². The Morgan fingerprint density at radius 3 is 3.00 bits per heavy atom. The zero-order valence-corrected chi connectivity index (χ0v) is 11.9. The molecule has 1 heterocycles. The summed E-state index contributed by atoms with van der Waals surface area (Å²) in [7, 11) is 0. The molecular formula is C15H23N3O2. The molecule has 20 heavy (non-hydrogen) atoms. The quantitative estimate of drug-likeness (QED) is 0.739. The summed E-state index contributed by atoms with van der Waals surface area (Å²) in [4.78, 5) is 15.8. The molecule has 0 spiro atoms.